The molecule has 1 aromatic rings. The first-order valence-electron chi connectivity index (χ1n) is 5.30. The zero-order valence-corrected chi connectivity index (χ0v) is 9.97. The van der Waals surface area contributed by atoms with Crippen molar-refractivity contribution in [3.63, 3.8) is 0 Å². The van der Waals surface area contributed by atoms with E-state index in [4.69, 9.17) is 10.8 Å². The topological polar surface area (TPSA) is 58.3 Å². The molecule has 4 heteroatoms. The quantitative estimate of drug-likeness (QED) is 0.690. The summed E-state index contributed by atoms with van der Waals surface area (Å²) in [5.41, 5.74) is 7.10. The van der Waals surface area contributed by atoms with Gasteiger partial charge in [0.05, 0.1) is 11.4 Å². The lowest BCUT2D eigenvalue weighted by Crippen LogP contribution is -2.32. The molecule has 0 heterocycles. The summed E-state index contributed by atoms with van der Waals surface area (Å²) >= 11 is 0. The van der Waals surface area contributed by atoms with Crippen LogP contribution in [0.25, 0.3) is 0 Å². The Morgan fingerprint density at radius 1 is 1.44 bits per heavy atom. The number of aryl methyl sites for hydroxylation is 1. The van der Waals surface area contributed by atoms with Crippen LogP contribution in [-0.2, 0) is 0 Å². The SMILES string of the molecule is Cc1cc(NC(C)(C)CCO)c(N)cc1F. The Morgan fingerprint density at radius 2 is 2.06 bits per heavy atom. The number of aliphatic hydroxyl groups excluding tert-OH is 1. The first kappa shape index (κ1) is 12.8. The molecule has 0 spiro atoms. The zero-order valence-electron chi connectivity index (χ0n) is 9.97. The van der Waals surface area contributed by atoms with Crippen molar-refractivity contribution in [1.29, 1.82) is 0 Å². The monoisotopic (exact) mass is 226 g/mol. The van der Waals surface area contributed by atoms with Crippen LogP contribution in [-0.4, -0.2) is 17.3 Å². The van der Waals surface area contributed by atoms with Gasteiger partial charge in [0.1, 0.15) is 5.82 Å². The van der Waals surface area contributed by atoms with Gasteiger partial charge in [-0.1, -0.05) is 0 Å². The second-order valence-electron chi connectivity index (χ2n) is 4.67. The molecule has 0 unspecified atom stereocenters. The van der Waals surface area contributed by atoms with Gasteiger partial charge in [0, 0.05) is 12.1 Å². The molecule has 0 radical (unpaired) electrons. The Labute approximate surface area is 95.5 Å². The van der Waals surface area contributed by atoms with Crippen molar-refractivity contribution in [1.82, 2.24) is 0 Å². The van der Waals surface area contributed by atoms with E-state index in [2.05, 4.69) is 5.32 Å². The Kier molecular flexibility index (Phi) is 3.75. The zero-order chi connectivity index (χ0) is 12.3. The number of hydrogen-bond donors (Lipinski definition) is 3. The number of hydrogen-bond acceptors (Lipinski definition) is 3. The summed E-state index contributed by atoms with van der Waals surface area (Å²) in [5.74, 6) is -0.303. The fraction of sp³-hybridized carbons (Fsp3) is 0.500. The van der Waals surface area contributed by atoms with Crippen LogP contribution < -0.4 is 11.1 Å². The summed E-state index contributed by atoms with van der Waals surface area (Å²) < 4.78 is 13.2. The number of nitrogens with one attached hydrogen (secondary N) is 1. The van der Waals surface area contributed by atoms with Gasteiger partial charge in [0.2, 0.25) is 0 Å². The largest absolute Gasteiger partial charge is 0.397 e. The molecule has 0 aliphatic rings. The standard InChI is InChI=1S/C12H19FN2O/c1-8-6-11(10(14)7-9(8)13)15-12(2,3)4-5-16/h6-7,15-16H,4-5,14H2,1-3H3. The highest BCUT2D eigenvalue weighted by atomic mass is 19.1. The highest BCUT2D eigenvalue weighted by Gasteiger charge is 2.18. The molecule has 4 N–H and O–H groups in total. The number of halogens is 1. The number of rotatable bonds is 4. The summed E-state index contributed by atoms with van der Waals surface area (Å²) in [6.45, 7) is 5.71. The van der Waals surface area contributed by atoms with E-state index in [0.717, 1.165) is 0 Å². The number of benzene rings is 1. The van der Waals surface area contributed by atoms with Gasteiger partial charge in [0.15, 0.2) is 0 Å². The summed E-state index contributed by atoms with van der Waals surface area (Å²) in [6, 6.07) is 3.00. The van der Waals surface area contributed by atoms with Crippen molar-refractivity contribution in [3.05, 3.63) is 23.5 Å². The van der Waals surface area contributed by atoms with Crippen LogP contribution in [0.3, 0.4) is 0 Å². The lowest BCUT2D eigenvalue weighted by molar-refractivity contribution is 0.261. The molecule has 1 rings (SSSR count). The molecule has 90 valence electrons. The normalized spacial score (nSPS) is 11.6. The molecular weight excluding hydrogens is 207 g/mol. The van der Waals surface area contributed by atoms with Gasteiger partial charge < -0.3 is 16.2 Å². The molecule has 0 amide bonds. The third kappa shape index (κ3) is 3.10. The minimum Gasteiger partial charge on any atom is -0.397 e. The third-order valence-electron chi connectivity index (χ3n) is 2.54. The molecule has 1 aromatic carbocycles. The van der Waals surface area contributed by atoms with Crippen LogP contribution in [0.1, 0.15) is 25.8 Å². The fourth-order valence-electron chi connectivity index (χ4n) is 1.51. The minimum atomic E-state index is -0.303. The predicted octanol–water partition coefficient (Wildman–Crippen LogP) is 2.29. The molecule has 0 aliphatic carbocycles. The molecule has 0 saturated carbocycles. The summed E-state index contributed by atoms with van der Waals surface area (Å²) in [4.78, 5) is 0. The highest BCUT2D eigenvalue weighted by Crippen LogP contribution is 2.26. The molecule has 16 heavy (non-hydrogen) atoms. The predicted molar refractivity (Wildman–Crippen MR) is 65.0 cm³/mol. The van der Waals surface area contributed by atoms with E-state index >= 15 is 0 Å². The highest BCUT2D eigenvalue weighted by molar-refractivity contribution is 5.68. The van der Waals surface area contributed by atoms with Gasteiger partial charge in [0.25, 0.3) is 0 Å². The van der Waals surface area contributed by atoms with Crippen LogP contribution in [0.2, 0.25) is 0 Å². The lowest BCUT2D eigenvalue weighted by Gasteiger charge is -2.27. The Bertz CT molecular complexity index is 378. The van der Waals surface area contributed by atoms with E-state index in [1.807, 2.05) is 13.8 Å². The van der Waals surface area contributed by atoms with Gasteiger partial charge >= 0.3 is 0 Å². The Hall–Kier alpha value is -1.29. The average Bonchev–Trinajstić information content (AvgIpc) is 2.13. The number of nitrogens with two attached hydrogens (primary N) is 1. The molecule has 0 atom stereocenters. The molecule has 0 saturated heterocycles. The van der Waals surface area contributed by atoms with E-state index in [-0.39, 0.29) is 18.0 Å². The van der Waals surface area contributed by atoms with Crippen molar-refractivity contribution in [3.8, 4) is 0 Å². The Morgan fingerprint density at radius 3 is 2.62 bits per heavy atom. The number of nitrogen functional groups attached to an aromatic ring is 1. The van der Waals surface area contributed by atoms with Crippen LogP contribution in [0.15, 0.2) is 12.1 Å². The first-order chi connectivity index (χ1) is 7.35. The van der Waals surface area contributed by atoms with Gasteiger partial charge in [-0.15, -0.1) is 0 Å². The van der Waals surface area contributed by atoms with Crippen molar-refractivity contribution in [2.24, 2.45) is 0 Å². The Balaban J connectivity index is 2.93. The van der Waals surface area contributed by atoms with Gasteiger partial charge in [-0.25, -0.2) is 4.39 Å². The second kappa shape index (κ2) is 4.70. The molecule has 0 aromatic heterocycles. The minimum absolute atomic E-state index is 0.0973. The molecule has 3 nitrogen and oxygen atoms in total. The van der Waals surface area contributed by atoms with Gasteiger partial charge in [-0.3, -0.25) is 0 Å². The van der Waals surface area contributed by atoms with E-state index in [0.29, 0.717) is 23.4 Å². The smallest absolute Gasteiger partial charge is 0.128 e. The molecule has 0 bridgehead atoms. The van der Waals surface area contributed by atoms with E-state index in [9.17, 15) is 4.39 Å². The first-order valence-corrected chi connectivity index (χ1v) is 5.30. The van der Waals surface area contributed by atoms with Gasteiger partial charge in [-0.2, -0.15) is 0 Å². The van der Waals surface area contributed by atoms with E-state index in [1.165, 1.54) is 6.07 Å². The maximum Gasteiger partial charge on any atom is 0.128 e. The maximum absolute atomic E-state index is 13.2. The van der Waals surface area contributed by atoms with Crippen LogP contribution in [0, 0.1) is 12.7 Å². The van der Waals surface area contributed by atoms with Gasteiger partial charge in [-0.05, 0) is 44.9 Å². The summed E-state index contributed by atoms with van der Waals surface area (Å²) in [5, 5.41) is 12.1. The summed E-state index contributed by atoms with van der Waals surface area (Å²) in [6.07, 6.45) is 0.600. The van der Waals surface area contributed by atoms with Crippen molar-refractivity contribution in [2.75, 3.05) is 17.7 Å². The van der Waals surface area contributed by atoms with E-state index in [1.54, 1.807) is 13.0 Å². The van der Waals surface area contributed by atoms with Crippen LogP contribution in [0.5, 0.6) is 0 Å². The molecule has 0 aliphatic heterocycles. The van der Waals surface area contributed by atoms with Crippen molar-refractivity contribution in [2.45, 2.75) is 32.7 Å². The number of anilines is 2. The third-order valence-corrected chi connectivity index (χ3v) is 2.54. The number of aliphatic hydroxyl groups is 1. The summed E-state index contributed by atoms with van der Waals surface area (Å²) in [7, 11) is 0. The molecular formula is C12H19FN2O. The lowest BCUT2D eigenvalue weighted by atomic mass is 10.00. The van der Waals surface area contributed by atoms with Crippen LogP contribution in [0.4, 0.5) is 15.8 Å². The van der Waals surface area contributed by atoms with Crippen molar-refractivity contribution < 1.29 is 9.50 Å². The second-order valence-corrected chi connectivity index (χ2v) is 4.67. The fourth-order valence-corrected chi connectivity index (χ4v) is 1.51. The maximum atomic E-state index is 13.2. The van der Waals surface area contributed by atoms with E-state index < -0.39 is 0 Å². The van der Waals surface area contributed by atoms with Crippen LogP contribution >= 0.6 is 0 Å². The molecule has 0 fully saturated rings. The average molecular weight is 226 g/mol. The van der Waals surface area contributed by atoms with Crippen molar-refractivity contribution >= 4 is 11.4 Å².